The van der Waals surface area contributed by atoms with Crippen LogP contribution in [0.1, 0.15) is 31.9 Å². The molecule has 1 aromatic carbocycles. The first kappa shape index (κ1) is 15.2. The molecule has 0 aliphatic carbocycles. The van der Waals surface area contributed by atoms with E-state index >= 15 is 0 Å². The van der Waals surface area contributed by atoms with Gasteiger partial charge in [-0.25, -0.2) is 0 Å². The van der Waals surface area contributed by atoms with Gasteiger partial charge in [0, 0.05) is 11.6 Å². The van der Waals surface area contributed by atoms with Crippen molar-refractivity contribution in [2.24, 2.45) is 11.5 Å². The van der Waals surface area contributed by atoms with E-state index < -0.39 is 0 Å². The zero-order valence-electron chi connectivity index (χ0n) is 9.85. The van der Waals surface area contributed by atoms with Gasteiger partial charge < -0.3 is 16.2 Å². The Morgan fingerprint density at radius 1 is 1.25 bits per heavy atom. The van der Waals surface area contributed by atoms with Crippen LogP contribution < -0.4 is 16.2 Å². The van der Waals surface area contributed by atoms with Gasteiger partial charge in [0.25, 0.3) is 0 Å². The van der Waals surface area contributed by atoms with E-state index in [-0.39, 0.29) is 24.6 Å². The Labute approximate surface area is 104 Å². The van der Waals surface area contributed by atoms with Crippen molar-refractivity contribution in [3.05, 3.63) is 29.8 Å². The molecule has 0 bridgehead atoms. The van der Waals surface area contributed by atoms with Crippen LogP contribution in [0.25, 0.3) is 0 Å². The number of rotatable bonds is 5. The summed E-state index contributed by atoms with van der Waals surface area (Å²) in [6.07, 6.45) is 0.939. The molecular weight excluding hydrogens is 224 g/mol. The van der Waals surface area contributed by atoms with Crippen molar-refractivity contribution in [3.63, 3.8) is 0 Å². The van der Waals surface area contributed by atoms with Crippen LogP contribution in [0.5, 0.6) is 5.75 Å². The molecule has 92 valence electrons. The van der Waals surface area contributed by atoms with Crippen molar-refractivity contribution in [3.8, 4) is 5.75 Å². The van der Waals surface area contributed by atoms with Gasteiger partial charge in [-0.15, -0.1) is 12.4 Å². The molecule has 4 N–H and O–H groups in total. The minimum atomic E-state index is -0.0371. The van der Waals surface area contributed by atoms with Crippen molar-refractivity contribution in [2.45, 2.75) is 32.4 Å². The third-order valence-electron chi connectivity index (χ3n) is 2.16. The second-order valence-electron chi connectivity index (χ2n) is 3.89. The van der Waals surface area contributed by atoms with Crippen LogP contribution >= 0.6 is 12.4 Å². The van der Waals surface area contributed by atoms with Crippen LogP contribution in [0.3, 0.4) is 0 Å². The normalized spacial score (nSPS) is 12.1. The molecule has 0 aromatic heterocycles. The lowest BCUT2D eigenvalue weighted by atomic mass is 10.0. The van der Waals surface area contributed by atoms with Gasteiger partial charge in [-0.05, 0) is 32.9 Å². The van der Waals surface area contributed by atoms with Crippen LogP contribution in [0.15, 0.2) is 24.3 Å². The summed E-state index contributed by atoms with van der Waals surface area (Å²) < 4.78 is 5.69. The molecule has 0 spiro atoms. The SMILES string of the molecule is CC(C)Oc1ccccc1[C@H](N)CCN.Cl. The number of benzene rings is 1. The van der Waals surface area contributed by atoms with E-state index in [4.69, 9.17) is 16.2 Å². The molecule has 0 heterocycles. The summed E-state index contributed by atoms with van der Waals surface area (Å²) in [7, 11) is 0. The second kappa shape index (κ2) is 7.49. The molecule has 0 amide bonds. The van der Waals surface area contributed by atoms with Crippen LogP contribution in [-0.4, -0.2) is 12.6 Å². The summed E-state index contributed by atoms with van der Waals surface area (Å²) >= 11 is 0. The molecule has 3 nitrogen and oxygen atoms in total. The fraction of sp³-hybridized carbons (Fsp3) is 0.500. The molecular formula is C12H21ClN2O. The van der Waals surface area contributed by atoms with Gasteiger partial charge in [-0.1, -0.05) is 18.2 Å². The molecule has 1 rings (SSSR count). The van der Waals surface area contributed by atoms with Gasteiger partial charge in [-0.3, -0.25) is 0 Å². The second-order valence-corrected chi connectivity index (χ2v) is 3.89. The molecule has 4 heteroatoms. The fourth-order valence-corrected chi connectivity index (χ4v) is 1.48. The third-order valence-corrected chi connectivity index (χ3v) is 2.16. The van der Waals surface area contributed by atoms with E-state index in [1.54, 1.807) is 0 Å². The lowest BCUT2D eigenvalue weighted by Crippen LogP contribution is -2.17. The Kier molecular flexibility index (Phi) is 7.13. The molecule has 0 unspecified atom stereocenters. The number of hydrogen-bond acceptors (Lipinski definition) is 3. The van der Waals surface area contributed by atoms with E-state index in [0.717, 1.165) is 17.7 Å². The third kappa shape index (κ3) is 4.39. The number of para-hydroxylation sites is 1. The van der Waals surface area contributed by atoms with Crippen LogP contribution in [0.2, 0.25) is 0 Å². The first-order valence-corrected chi connectivity index (χ1v) is 5.36. The highest BCUT2D eigenvalue weighted by atomic mass is 35.5. The van der Waals surface area contributed by atoms with Crippen molar-refractivity contribution >= 4 is 12.4 Å². The lowest BCUT2D eigenvalue weighted by Gasteiger charge is -2.18. The Balaban J connectivity index is 0.00000225. The highest BCUT2D eigenvalue weighted by molar-refractivity contribution is 5.85. The van der Waals surface area contributed by atoms with Crippen molar-refractivity contribution < 1.29 is 4.74 Å². The van der Waals surface area contributed by atoms with E-state index in [1.165, 1.54) is 0 Å². The number of halogens is 1. The van der Waals surface area contributed by atoms with Crippen LogP contribution in [0.4, 0.5) is 0 Å². The fourth-order valence-electron chi connectivity index (χ4n) is 1.48. The molecule has 0 fully saturated rings. The molecule has 16 heavy (non-hydrogen) atoms. The maximum atomic E-state index is 6.02. The monoisotopic (exact) mass is 244 g/mol. The summed E-state index contributed by atoms with van der Waals surface area (Å²) in [5, 5.41) is 0. The molecule has 1 aromatic rings. The van der Waals surface area contributed by atoms with E-state index in [9.17, 15) is 0 Å². The average Bonchev–Trinajstić information content (AvgIpc) is 2.18. The molecule has 0 radical (unpaired) electrons. The Hall–Kier alpha value is -0.770. The number of hydrogen-bond donors (Lipinski definition) is 2. The summed E-state index contributed by atoms with van der Waals surface area (Å²) in [5.74, 6) is 0.869. The quantitative estimate of drug-likeness (QED) is 0.835. The molecule has 1 atom stereocenters. The topological polar surface area (TPSA) is 61.3 Å². The zero-order valence-corrected chi connectivity index (χ0v) is 10.7. The first-order chi connectivity index (χ1) is 7.15. The smallest absolute Gasteiger partial charge is 0.124 e. The van der Waals surface area contributed by atoms with E-state index in [1.807, 2.05) is 38.1 Å². The lowest BCUT2D eigenvalue weighted by molar-refractivity contribution is 0.238. The van der Waals surface area contributed by atoms with Crippen molar-refractivity contribution in [2.75, 3.05) is 6.54 Å². The Bertz CT molecular complexity index is 305. The van der Waals surface area contributed by atoms with Crippen LogP contribution in [0, 0.1) is 0 Å². The van der Waals surface area contributed by atoms with Gasteiger partial charge in [-0.2, -0.15) is 0 Å². The van der Waals surface area contributed by atoms with Crippen molar-refractivity contribution in [1.29, 1.82) is 0 Å². The summed E-state index contributed by atoms with van der Waals surface area (Å²) in [4.78, 5) is 0. The van der Waals surface area contributed by atoms with Gasteiger partial charge in [0.15, 0.2) is 0 Å². The Morgan fingerprint density at radius 3 is 2.44 bits per heavy atom. The highest BCUT2D eigenvalue weighted by Gasteiger charge is 2.11. The van der Waals surface area contributed by atoms with E-state index in [2.05, 4.69) is 0 Å². The average molecular weight is 245 g/mol. The first-order valence-electron chi connectivity index (χ1n) is 5.36. The minimum absolute atomic E-state index is 0. The van der Waals surface area contributed by atoms with Crippen LogP contribution in [-0.2, 0) is 0 Å². The molecule has 0 aliphatic heterocycles. The van der Waals surface area contributed by atoms with Crippen molar-refractivity contribution in [1.82, 2.24) is 0 Å². The largest absolute Gasteiger partial charge is 0.491 e. The van der Waals surface area contributed by atoms with Gasteiger partial charge >= 0.3 is 0 Å². The standard InChI is InChI=1S/C12H20N2O.ClH/c1-9(2)15-12-6-4-3-5-10(12)11(14)7-8-13;/h3-6,9,11H,7-8,13-14H2,1-2H3;1H/t11-;/m1./s1. The minimum Gasteiger partial charge on any atom is -0.491 e. The molecule has 0 saturated carbocycles. The van der Waals surface area contributed by atoms with Gasteiger partial charge in [0.2, 0.25) is 0 Å². The highest BCUT2D eigenvalue weighted by Crippen LogP contribution is 2.25. The maximum Gasteiger partial charge on any atom is 0.124 e. The maximum absolute atomic E-state index is 6.02. The van der Waals surface area contributed by atoms with E-state index in [0.29, 0.717) is 6.54 Å². The predicted molar refractivity (Wildman–Crippen MR) is 70.1 cm³/mol. The summed E-state index contributed by atoms with van der Waals surface area (Å²) in [6, 6.07) is 7.84. The molecule has 0 saturated heterocycles. The zero-order chi connectivity index (χ0) is 11.3. The number of nitrogens with two attached hydrogens (primary N) is 2. The molecule has 0 aliphatic rings. The Morgan fingerprint density at radius 2 is 1.88 bits per heavy atom. The summed E-state index contributed by atoms with van der Waals surface area (Å²) in [6.45, 7) is 4.60. The predicted octanol–water partition coefficient (Wildman–Crippen LogP) is 2.24. The summed E-state index contributed by atoms with van der Waals surface area (Å²) in [5.41, 5.74) is 12.6. The van der Waals surface area contributed by atoms with Gasteiger partial charge in [0.1, 0.15) is 5.75 Å². The number of ether oxygens (including phenoxy) is 1. The van der Waals surface area contributed by atoms with Gasteiger partial charge in [0.05, 0.1) is 6.10 Å².